The molecular weight excluding hydrogens is 229 g/mol. The maximum atomic E-state index is 10.3. The molecule has 1 N–H and O–H groups in total. The highest BCUT2D eigenvalue weighted by Crippen LogP contribution is 2.25. The van der Waals surface area contributed by atoms with Crippen LogP contribution in [0.4, 0.5) is 0 Å². The molecular formula is C7H8ClNO4P+. The second-order valence-electron chi connectivity index (χ2n) is 2.33. The Morgan fingerprint density at radius 2 is 2.43 bits per heavy atom. The molecule has 0 saturated heterocycles. The lowest BCUT2D eigenvalue weighted by atomic mass is 10.3. The van der Waals surface area contributed by atoms with E-state index in [0.29, 0.717) is 11.3 Å². The van der Waals surface area contributed by atoms with E-state index in [0.717, 1.165) is 0 Å². The van der Waals surface area contributed by atoms with E-state index in [9.17, 15) is 4.57 Å². The van der Waals surface area contributed by atoms with Gasteiger partial charge in [-0.2, -0.15) is 0 Å². The van der Waals surface area contributed by atoms with Crippen molar-refractivity contribution in [3.05, 3.63) is 23.0 Å². The monoisotopic (exact) mass is 236 g/mol. The van der Waals surface area contributed by atoms with Gasteiger partial charge in [-0.15, -0.1) is 9.42 Å². The molecule has 0 fully saturated rings. The lowest BCUT2D eigenvalue weighted by Gasteiger charge is -2.04. The molecule has 1 heterocycles. The van der Waals surface area contributed by atoms with Crippen molar-refractivity contribution in [1.29, 1.82) is 0 Å². The first kappa shape index (κ1) is 11.3. The molecule has 7 heteroatoms. The Morgan fingerprint density at radius 3 is 3.00 bits per heavy atom. The first-order valence-corrected chi connectivity index (χ1v) is 5.11. The summed E-state index contributed by atoms with van der Waals surface area (Å²) in [6.45, 7) is -0.0445. The maximum absolute atomic E-state index is 10.3. The molecule has 1 aromatic heterocycles. The number of pyridine rings is 1. The highest BCUT2D eigenvalue weighted by atomic mass is 35.5. The summed E-state index contributed by atoms with van der Waals surface area (Å²) in [7, 11) is -1.15. The van der Waals surface area contributed by atoms with E-state index in [1.807, 2.05) is 0 Å². The van der Waals surface area contributed by atoms with Crippen LogP contribution in [0.15, 0.2) is 12.3 Å². The van der Waals surface area contributed by atoms with Crippen molar-refractivity contribution in [2.75, 3.05) is 7.11 Å². The van der Waals surface area contributed by atoms with Gasteiger partial charge in [-0.05, 0) is 6.07 Å². The molecule has 1 aromatic rings. The normalized spacial score (nSPS) is 11.2. The number of nitrogens with zero attached hydrogens (tertiary/aromatic N) is 1. The second-order valence-corrected chi connectivity index (χ2v) is 3.45. The molecule has 0 spiro atoms. The van der Waals surface area contributed by atoms with Crippen molar-refractivity contribution in [1.82, 2.24) is 4.98 Å². The van der Waals surface area contributed by atoms with Crippen LogP contribution < -0.4 is 4.74 Å². The lowest BCUT2D eigenvalue weighted by Crippen LogP contribution is -1.94. The average molecular weight is 237 g/mol. The molecule has 0 bridgehead atoms. The standard InChI is InChI=1S/C7H7ClNO4P/c1-12-6-3-9-7(8)2-5(6)4-13-14(10)11/h2-3H,4H2,1H3/p+1. The van der Waals surface area contributed by atoms with Gasteiger partial charge in [0.05, 0.1) is 13.3 Å². The Morgan fingerprint density at radius 1 is 1.71 bits per heavy atom. The predicted molar refractivity (Wildman–Crippen MR) is 50.4 cm³/mol. The fourth-order valence-corrected chi connectivity index (χ4v) is 1.31. The number of ether oxygens (including phenoxy) is 1. The summed E-state index contributed by atoms with van der Waals surface area (Å²) < 4.78 is 19.8. The van der Waals surface area contributed by atoms with Gasteiger partial charge in [-0.1, -0.05) is 11.6 Å². The van der Waals surface area contributed by atoms with Gasteiger partial charge in [0.1, 0.15) is 17.5 Å². The molecule has 0 aliphatic carbocycles. The van der Waals surface area contributed by atoms with Crippen LogP contribution in [-0.4, -0.2) is 17.0 Å². The molecule has 0 aromatic carbocycles. The van der Waals surface area contributed by atoms with Crippen LogP contribution in [-0.2, 0) is 15.7 Å². The molecule has 1 atom stereocenters. The summed E-state index contributed by atoms with van der Waals surface area (Å²) in [6.07, 6.45) is 1.42. The van der Waals surface area contributed by atoms with E-state index in [-0.39, 0.29) is 11.8 Å². The summed E-state index contributed by atoms with van der Waals surface area (Å²) >= 11 is 5.63. The molecule has 0 aliphatic heterocycles. The quantitative estimate of drug-likeness (QED) is 0.639. The van der Waals surface area contributed by atoms with E-state index >= 15 is 0 Å². The van der Waals surface area contributed by atoms with Crippen molar-refractivity contribution in [3.8, 4) is 5.75 Å². The molecule has 0 radical (unpaired) electrons. The summed E-state index contributed by atoms with van der Waals surface area (Å²) in [5, 5.41) is 0.276. The fraction of sp³-hybridized carbons (Fsp3) is 0.286. The van der Waals surface area contributed by atoms with Crippen LogP contribution in [0.2, 0.25) is 5.15 Å². The number of rotatable bonds is 4. The summed E-state index contributed by atoms with van der Waals surface area (Å²) in [5.74, 6) is 0.464. The van der Waals surface area contributed by atoms with E-state index in [1.165, 1.54) is 19.4 Å². The Labute approximate surface area is 86.6 Å². The highest BCUT2D eigenvalue weighted by Gasteiger charge is 2.15. The van der Waals surface area contributed by atoms with Gasteiger partial charge < -0.3 is 4.74 Å². The second kappa shape index (κ2) is 5.22. The third-order valence-corrected chi connectivity index (χ3v) is 2.02. The molecule has 0 amide bonds. The minimum absolute atomic E-state index is 0.0445. The van der Waals surface area contributed by atoms with Crippen molar-refractivity contribution >= 4 is 19.9 Å². The van der Waals surface area contributed by atoms with E-state index in [4.69, 9.17) is 21.2 Å². The largest absolute Gasteiger partial charge is 0.695 e. The molecule has 0 saturated carbocycles. The Balaban J connectivity index is 2.82. The fourth-order valence-electron chi connectivity index (χ4n) is 0.877. The van der Waals surface area contributed by atoms with Gasteiger partial charge in [0.25, 0.3) is 0 Å². The molecule has 1 unspecified atom stereocenters. The number of halogens is 1. The zero-order valence-corrected chi connectivity index (χ0v) is 8.96. The summed E-state index contributed by atoms with van der Waals surface area (Å²) in [4.78, 5) is 12.2. The Kier molecular flexibility index (Phi) is 4.22. The van der Waals surface area contributed by atoms with Crippen LogP contribution in [0, 0.1) is 0 Å². The van der Waals surface area contributed by atoms with Crippen molar-refractivity contribution in [3.63, 3.8) is 0 Å². The molecule has 5 nitrogen and oxygen atoms in total. The number of aromatic nitrogens is 1. The van der Waals surface area contributed by atoms with Gasteiger partial charge in [0, 0.05) is 10.1 Å². The van der Waals surface area contributed by atoms with Gasteiger partial charge in [0.15, 0.2) is 0 Å². The van der Waals surface area contributed by atoms with Gasteiger partial charge >= 0.3 is 8.25 Å². The molecule has 76 valence electrons. The van der Waals surface area contributed by atoms with E-state index in [2.05, 4.69) is 9.51 Å². The van der Waals surface area contributed by atoms with Crippen LogP contribution in [0.25, 0.3) is 0 Å². The van der Waals surface area contributed by atoms with Gasteiger partial charge in [-0.25, -0.2) is 4.98 Å². The van der Waals surface area contributed by atoms with Crippen molar-refractivity contribution in [2.45, 2.75) is 6.61 Å². The number of hydrogen-bond donors (Lipinski definition) is 1. The first-order chi connectivity index (χ1) is 6.63. The smallest absolute Gasteiger partial charge is 0.495 e. The van der Waals surface area contributed by atoms with Crippen LogP contribution in [0.5, 0.6) is 5.75 Å². The summed E-state index contributed by atoms with van der Waals surface area (Å²) in [5.41, 5.74) is 0.574. The molecule has 14 heavy (non-hydrogen) atoms. The van der Waals surface area contributed by atoms with E-state index in [1.54, 1.807) is 0 Å². The SMILES string of the molecule is COc1cnc(Cl)cc1CO[P+](=O)O. The summed E-state index contributed by atoms with van der Waals surface area (Å²) in [6, 6.07) is 1.51. The topological polar surface area (TPSA) is 68.7 Å². The Hall–Kier alpha value is -0.740. The van der Waals surface area contributed by atoms with Crippen LogP contribution in [0.1, 0.15) is 5.56 Å². The zero-order valence-electron chi connectivity index (χ0n) is 7.31. The molecule has 1 rings (SSSR count). The molecule has 0 aliphatic rings. The highest BCUT2D eigenvalue weighted by molar-refractivity contribution is 7.32. The van der Waals surface area contributed by atoms with Gasteiger partial charge in [0.2, 0.25) is 0 Å². The maximum Gasteiger partial charge on any atom is 0.695 e. The predicted octanol–water partition coefficient (Wildman–Crippen LogP) is 1.91. The van der Waals surface area contributed by atoms with Crippen LogP contribution in [0.3, 0.4) is 0 Å². The first-order valence-electron chi connectivity index (χ1n) is 3.61. The third kappa shape index (κ3) is 3.20. The Bertz CT molecular complexity index is 346. The third-order valence-electron chi connectivity index (χ3n) is 1.47. The van der Waals surface area contributed by atoms with E-state index < -0.39 is 8.25 Å². The minimum atomic E-state index is -2.62. The lowest BCUT2D eigenvalue weighted by molar-refractivity contribution is 0.267. The average Bonchev–Trinajstić information content (AvgIpc) is 2.15. The van der Waals surface area contributed by atoms with Gasteiger partial charge in [-0.3, -0.25) is 0 Å². The van der Waals surface area contributed by atoms with Crippen LogP contribution >= 0.6 is 19.9 Å². The van der Waals surface area contributed by atoms with Crippen molar-refractivity contribution < 1.29 is 18.7 Å². The zero-order chi connectivity index (χ0) is 10.6. The minimum Gasteiger partial charge on any atom is -0.495 e. The number of hydrogen-bond acceptors (Lipinski definition) is 4. The number of methoxy groups -OCH3 is 1. The van der Waals surface area contributed by atoms with Crippen molar-refractivity contribution in [2.24, 2.45) is 0 Å².